The van der Waals surface area contributed by atoms with E-state index in [0.717, 1.165) is 12.8 Å². The maximum atomic E-state index is 12.3. The van der Waals surface area contributed by atoms with Crippen LogP contribution in [0.3, 0.4) is 0 Å². The van der Waals surface area contributed by atoms with Crippen LogP contribution in [-0.2, 0) is 14.8 Å². The monoisotopic (exact) mass is 349 g/mol. The normalized spacial score (nSPS) is 19.6. The van der Waals surface area contributed by atoms with Gasteiger partial charge >= 0.3 is 0 Å². The van der Waals surface area contributed by atoms with E-state index in [4.69, 9.17) is 9.47 Å². The summed E-state index contributed by atoms with van der Waals surface area (Å²) in [7, 11) is -2.15. The summed E-state index contributed by atoms with van der Waals surface area (Å²) in [5, 5.41) is 0. The largest absolute Gasteiger partial charge is 0.495 e. The summed E-state index contributed by atoms with van der Waals surface area (Å²) in [5.41, 5.74) is 0. The van der Waals surface area contributed by atoms with Crippen LogP contribution in [0.2, 0.25) is 0 Å². The van der Waals surface area contributed by atoms with Crippen LogP contribution < -0.4 is 9.46 Å². The predicted molar refractivity (Wildman–Crippen MR) is 74.9 cm³/mol. The molecule has 1 N–H and O–H groups in total. The molecule has 1 heterocycles. The average Bonchev–Trinajstić information content (AvgIpc) is 2.89. The van der Waals surface area contributed by atoms with Gasteiger partial charge in [0.15, 0.2) is 0 Å². The van der Waals surface area contributed by atoms with Crippen molar-refractivity contribution in [1.29, 1.82) is 0 Å². The van der Waals surface area contributed by atoms with E-state index in [-0.39, 0.29) is 17.5 Å². The number of sulfonamides is 1. The van der Waals surface area contributed by atoms with E-state index in [9.17, 15) is 8.42 Å². The Bertz CT molecular complexity index is 541. The molecule has 0 amide bonds. The molecule has 1 aliphatic heterocycles. The second kappa shape index (κ2) is 6.21. The first-order valence-electron chi connectivity index (χ1n) is 5.98. The van der Waals surface area contributed by atoms with Crippen molar-refractivity contribution in [3.63, 3.8) is 0 Å². The Morgan fingerprint density at radius 3 is 2.95 bits per heavy atom. The first-order valence-corrected chi connectivity index (χ1v) is 8.25. The standard InChI is InChI=1S/C12H16BrNO4S/c1-17-11-5-4-9(13)7-12(11)19(15,16)14-8-10-3-2-6-18-10/h4-5,7,10,14H,2-3,6,8H2,1H3/t10-/m1/s1. The van der Waals surface area contributed by atoms with Gasteiger partial charge in [0.2, 0.25) is 10.0 Å². The van der Waals surface area contributed by atoms with Crippen molar-refractivity contribution in [1.82, 2.24) is 4.72 Å². The smallest absolute Gasteiger partial charge is 0.244 e. The van der Waals surface area contributed by atoms with Gasteiger partial charge < -0.3 is 9.47 Å². The van der Waals surface area contributed by atoms with Crippen LogP contribution >= 0.6 is 15.9 Å². The molecule has 0 bridgehead atoms. The highest BCUT2D eigenvalue weighted by Gasteiger charge is 2.23. The van der Waals surface area contributed by atoms with Crippen LogP contribution in [0.15, 0.2) is 27.6 Å². The third-order valence-electron chi connectivity index (χ3n) is 2.94. The van der Waals surface area contributed by atoms with Gasteiger partial charge in [-0.2, -0.15) is 0 Å². The number of rotatable bonds is 5. The summed E-state index contributed by atoms with van der Waals surface area (Å²) in [5.74, 6) is 0.322. The fourth-order valence-electron chi connectivity index (χ4n) is 1.95. The number of benzene rings is 1. The lowest BCUT2D eigenvalue weighted by Crippen LogP contribution is -2.32. The topological polar surface area (TPSA) is 64.6 Å². The zero-order chi connectivity index (χ0) is 13.9. The third-order valence-corrected chi connectivity index (χ3v) is 4.88. The Kier molecular flexibility index (Phi) is 4.83. The number of nitrogens with one attached hydrogen (secondary N) is 1. The first kappa shape index (κ1) is 14.8. The number of methoxy groups -OCH3 is 1. The van der Waals surface area contributed by atoms with E-state index in [1.807, 2.05) is 0 Å². The lowest BCUT2D eigenvalue weighted by atomic mass is 10.2. The summed E-state index contributed by atoms with van der Waals surface area (Å²) in [4.78, 5) is 0.127. The summed E-state index contributed by atoms with van der Waals surface area (Å²) < 4.78 is 38.2. The van der Waals surface area contributed by atoms with E-state index in [0.29, 0.717) is 16.8 Å². The SMILES string of the molecule is COc1ccc(Br)cc1S(=O)(=O)NC[C@H]1CCCO1. The van der Waals surface area contributed by atoms with E-state index >= 15 is 0 Å². The van der Waals surface area contributed by atoms with Crippen LogP contribution in [0.5, 0.6) is 5.75 Å². The quantitative estimate of drug-likeness (QED) is 0.881. The van der Waals surface area contributed by atoms with Crippen LogP contribution in [0.1, 0.15) is 12.8 Å². The molecule has 1 fully saturated rings. The minimum absolute atomic E-state index is 0.0343. The van der Waals surface area contributed by atoms with Crippen molar-refractivity contribution >= 4 is 26.0 Å². The van der Waals surface area contributed by atoms with Gasteiger partial charge in [-0.25, -0.2) is 13.1 Å². The minimum atomic E-state index is -3.60. The number of hydrogen-bond donors (Lipinski definition) is 1. The second-order valence-corrected chi connectivity index (χ2v) is 6.93. The molecule has 1 atom stereocenters. The zero-order valence-corrected chi connectivity index (χ0v) is 13.0. The second-order valence-electron chi connectivity index (χ2n) is 4.28. The Balaban J connectivity index is 2.16. The van der Waals surface area contributed by atoms with Gasteiger partial charge in [0.05, 0.1) is 13.2 Å². The molecule has 1 aromatic carbocycles. The number of halogens is 1. The van der Waals surface area contributed by atoms with E-state index in [2.05, 4.69) is 20.7 Å². The molecule has 1 saturated heterocycles. The van der Waals surface area contributed by atoms with Gasteiger partial charge in [-0.15, -0.1) is 0 Å². The molecule has 0 radical (unpaired) electrons. The van der Waals surface area contributed by atoms with Gasteiger partial charge in [0.25, 0.3) is 0 Å². The molecule has 1 aromatic rings. The Morgan fingerprint density at radius 2 is 2.32 bits per heavy atom. The maximum Gasteiger partial charge on any atom is 0.244 e. The van der Waals surface area contributed by atoms with Gasteiger partial charge in [0, 0.05) is 17.6 Å². The van der Waals surface area contributed by atoms with E-state index in [1.54, 1.807) is 12.1 Å². The van der Waals surface area contributed by atoms with Crippen molar-refractivity contribution in [2.24, 2.45) is 0 Å². The summed E-state index contributed by atoms with van der Waals surface area (Å²) in [6, 6.07) is 4.87. The van der Waals surface area contributed by atoms with Gasteiger partial charge in [-0.3, -0.25) is 0 Å². The summed E-state index contributed by atoms with van der Waals surface area (Å²) in [6.07, 6.45) is 1.83. The Hall–Kier alpha value is -0.630. The van der Waals surface area contributed by atoms with Gasteiger partial charge in [-0.05, 0) is 31.0 Å². The van der Waals surface area contributed by atoms with Crippen molar-refractivity contribution in [3.8, 4) is 5.75 Å². The molecule has 106 valence electrons. The highest BCUT2D eigenvalue weighted by atomic mass is 79.9. The average molecular weight is 350 g/mol. The summed E-state index contributed by atoms with van der Waals surface area (Å²) >= 11 is 3.26. The minimum Gasteiger partial charge on any atom is -0.495 e. The van der Waals surface area contributed by atoms with Gasteiger partial charge in [0.1, 0.15) is 10.6 Å². The highest BCUT2D eigenvalue weighted by Crippen LogP contribution is 2.27. The highest BCUT2D eigenvalue weighted by molar-refractivity contribution is 9.10. The van der Waals surface area contributed by atoms with Crippen molar-refractivity contribution < 1.29 is 17.9 Å². The molecule has 5 nitrogen and oxygen atoms in total. The third kappa shape index (κ3) is 3.68. The fraction of sp³-hybridized carbons (Fsp3) is 0.500. The maximum absolute atomic E-state index is 12.3. The van der Waals surface area contributed by atoms with Crippen molar-refractivity contribution in [2.45, 2.75) is 23.8 Å². The lowest BCUT2D eigenvalue weighted by Gasteiger charge is -2.13. The van der Waals surface area contributed by atoms with Crippen molar-refractivity contribution in [3.05, 3.63) is 22.7 Å². The molecule has 0 unspecified atom stereocenters. The molecule has 7 heteroatoms. The number of ether oxygens (including phenoxy) is 2. The predicted octanol–water partition coefficient (Wildman–Crippen LogP) is 1.91. The molecular weight excluding hydrogens is 334 g/mol. The molecule has 2 rings (SSSR count). The van der Waals surface area contributed by atoms with E-state index < -0.39 is 10.0 Å². The Morgan fingerprint density at radius 1 is 1.53 bits per heavy atom. The van der Waals surface area contributed by atoms with Crippen LogP contribution in [0.4, 0.5) is 0 Å². The first-order chi connectivity index (χ1) is 9.03. The van der Waals surface area contributed by atoms with Crippen LogP contribution in [0, 0.1) is 0 Å². The molecule has 0 aliphatic carbocycles. The molecule has 0 spiro atoms. The lowest BCUT2D eigenvalue weighted by molar-refractivity contribution is 0.114. The van der Waals surface area contributed by atoms with E-state index in [1.165, 1.54) is 13.2 Å². The zero-order valence-electron chi connectivity index (χ0n) is 10.6. The van der Waals surface area contributed by atoms with Crippen LogP contribution in [0.25, 0.3) is 0 Å². The molecule has 0 aromatic heterocycles. The van der Waals surface area contributed by atoms with Crippen LogP contribution in [-0.4, -0.2) is 34.8 Å². The summed E-state index contributed by atoms with van der Waals surface area (Å²) in [6.45, 7) is 0.991. The van der Waals surface area contributed by atoms with Crippen molar-refractivity contribution in [2.75, 3.05) is 20.3 Å². The molecule has 0 saturated carbocycles. The molecule has 19 heavy (non-hydrogen) atoms. The van der Waals surface area contributed by atoms with Gasteiger partial charge in [-0.1, -0.05) is 15.9 Å². The Labute approximate surface area is 121 Å². The molecular formula is C12H16BrNO4S. The number of hydrogen-bond acceptors (Lipinski definition) is 4. The molecule has 1 aliphatic rings. The fourth-order valence-corrected chi connectivity index (χ4v) is 3.72.